The molecule has 0 aliphatic heterocycles. The first-order chi connectivity index (χ1) is 9.97. The van der Waals surface area contributed by atoms with Gasteiger partial charge in [-0.25, -0.2) is 0 Å². The fourth-order valence-corrected chi connectivity index (χ4v) is 3.33. The van der Waals surface area contributed by atoms with Crippen molar-refractivity contribution in [1.29, 1.82) is 0 Å². The molecule has 0 atom stereocenters. The van der Waals surface area contributed by atoms with Gasteiger partial charge in [-0.3, -0.25) is 0 Å². The minimum absolute atomic E-state index is 0.298. The number of halogens is 1. The third-order valence-corrected chi connectivity index (χ3v) is 5.42. The molecular weight excluding hydrogens is 354 g/mol. The van der Waals surface area contributed by atoms with E-state index in [-0.39, 0.29) is 0 Å². The molecule has 2 rings (SSSR count). The van der Waals surface area contributed by atoms with Crippen LogP contribution in [0.1, 0.15) is 24.8 Å². The number of benzene rings is 1. The second kappa shape index (κ2) is 7.69. The summed E-state index contributed by atoms with van der Waals surface area (Å²) in [6.07, 6.45) is 3.33. The molecule has 5 nitrogen and oxygen atoms in total. The summed E-state index contributed by atoms with van der Waals surface area (Å²) in [7, 11) is -1.80. The number of nitrogens with one attached hydrogen (secondary N) is 2. The Kier molecular flexibility index (Phi) is 6.19. The van der Waals surface area contributed by atoms with Gasteiger partial charge in [-0.1, -0.05) is 28.1 Å². The second-order valence-corrected chi connectivity index (χ2v) is 8.14. The molecule has 118 valence electrons. The Morgan fingerprint density at radius 1 is 1.38 bits per heavy atom. The second-order valence-electron chi connectivity index (χ2n) is 5.36. The molecule has 1 aliphatic rings. The molecule has 0 radical (unpaired) electrons. The highest BCUT2D eigenvalue weighted by atomic mass is 79.9. The molecule has 1 aromatic carbocycles. The Labute approximate surface area is 135 Å². The van der Waals surface area contributed by atoms with E-state index in [2.05, 4.69) is 26.0 Å². The van der Waals surface area contributed by atoms with Crippen molar-refractivity contribution < 1.29 is 8.42 Å². The lowest BCUT2D eigenvalue weighted by atomic mass is 10.2. The molecule has 0 saturated heterocycles. The summed E-state index contributed by atoms with van der Waals surface area (Å²) < 4.78 is 29.2. The van der Waals surface area contributed by atoms with Crippen molar-refractivity contribution in [3.05, 3.63) is 34.3 Å². The van der Waals surface area contributed by atoms with Crippen LogP contribution in [-0.4, -0.2) is 38.9 Å². The smallest absolute Gasteiger partial charge is 0.279 e. The van der Waals surface area contributed by atoms with E-state index < -0.39 is 10.2 Å². The van der Waals surface area contributed by atoms with Gasteiger partial charge in [-0.2, -0.15) is 17.4 Å². The average Bonchev–Trinajstić information content (AvgIpc) is 3.25. The normalized spacial score (nSPS) is 15.6. The van der Waals surface area contributed by atoms with Gasteiger partial charge in [0.25, 0.3) is 10.2 Å². The van der Waals surface area contributed by atoms with E-state index in [0.717, 1.165) is 23.0 Å². The van der Waals surface area contributed by atoms with Crippen molar-refractivity contribution >= 4 is 26.1 Å². The number of hydrogen-bond acceptors (Lipinski definition) is 3. The van der Waals surface area contributed by atoms with Crippen molar-refractivity contribution in [2.45, 2.75) is 31.8 Å². The highest BCUT2D eigenvalue weighted by Gasteiger charge is 2.20. The van der Waals surface area contributed by atoms with E-state index in [1.54, 1.807) is 7.05 Å². The molecule has 1 fully saturated rings. The zero-order chi connectivity index (χ0) is 15.3. The van der Waals surface area contributed by atoms with Gasteiger partial charge in [0.2, 0.25) is 0 Å². The summed E-state index contributed by atoms with van der Waals surface area (Å²) in [5, 5.41) is 3.38. The molecule has 1 aromatic rings. The van der Waals surface area contributed by atoms with Crippen molar-refractivity contribution in [1.82, 2.24) is 14.3 Å². The molecule has 7 heteroatoms. The Hall–Kier alpha value is -0.470. The molecule has 1 saturated carbocycles. The third-order valence-electron chi connectivity index (χ3n) is 3.42. The standard InChI is InChI=1S/C14H22BrN3O2S/c1-18(9-3-8-16-14-6-7-14)21(19,20)17-11-12-4-2-5-13(15)10-12/h2,4-5,10,14,16-17H,3,6-9,11H2,1H3. The van der Waals surface area contributed by atoms with Crippen molar-refractivity contribution in [2.75, 3.05) is 20.1 Å². The van der Waals surface area contributed by atoms with E-state index in [9.17, 15) is 8.42 Å². The van der Waals surface area contributed by atoms with E-state index in [4.69, 9.17) is 0 Å². The van der Waals surface area contributed by atoms with Gasteiger partial charge in [0.1, 0.15) is 0 Å². The average molecular weight is 376 g/mol. The van der Waals surface area contributed by atoms with Crippen LogP contribution in [0.4, 0.5) is 0 Å². The lowest BCUT2D eigenvalue weighted by Gasteiger charge is -2.18. The summed E-state index contributed by atoms with van der Waals surface area (Å²) in [6, 6.07) is 8.27. The summed E-state index contributed by atoms with van der Waals surface area (Å²) in [5.74, 6) is 0. The number of nitrogens with zero attached hydrogens (tertiary/aromatic N) is 1. The van der Waals surface area contributed by atoms with Crippen LogP contribution in [0.5, 0.6) is 0 Å². The van der Waals surface area contributed by atoms with Gasteiger partial charge in [0.05, 0.1) is 0 Å². The van der Waals surface area contributed by atoms with Crippen LogP contribution >= 0.6 is 15.9 Å². The maximum Gasteiger partial charge on any atom is 0.279 e. The maximum atomic E-state index is 12.1. The molecule has 0 heterocycles. The van der Waals surface area contributed by atoms with Crippen molar-refractivity contribution in [2.24, 2.45) is 0 Å². The number of hydrogen-bond donors (Lipinski definition) is 2. The molecule has 2 N–H and O–H groups in total. The highest BCUT2D eigenvalue weighted by Crippen LogP contribution is 2.18. The predicted molar refractivity (Wildman–Crippen MR) is 88.2 cm³/mol. The molecule has 0 amide bonds. The predicted octanol–water partition coefficient (Wildman–Crippen LogP) is 1.86. The van der Waals surface area contributed by atoms with Crippen LogP contribution in [0, 0.1) is 0 Å². The summed E-state index contributed by atoms with van der Waals surface area (Å²) >= 11 is 3.38. The third kappa shape index (κ3) is 6.04. The van der Waals surface area contributed by atoms with Crippen LogP contribution in [0.25, 0.3) is 0 Å². The fraction of sp³-hybridized carbons (Fsp3) is 0.571. The largest absolute Gasteiger partial charge is 0.314 e. The monoisotopic (exact) mass is 375 g/mol. The van der Waals surface area contributed by atoms with Crippen LogP contribution in [0.3, 0.4) is 0 Å². The fourth-order valence-electron chi connectivity index (χ4n) is 1.95. The van der Waals surface area contributed by atoms with E-state index >= 15 is 0 Å². The van der Waals surface area contributed by atoms with Crippen LogP contribution in [-0.2, 0) is 16.8 Å². The Balaban J connectivity index is 1.73. The van der Waals surface area contributed by atoms with E-state index in [0.29, 0.717) is 19.1 Å². The number of rotatable bonds is 9. The van der Waals surface area contributed by atoms with Gasteiger partial charge in [0, 0.05) is 30.7 Å². The first-order valence-corrected chi connectivity index (χ1v) is 9.39. The molecule has 1 aliphatic carbocycles. The first-order valence-electron chi connectivity index (χ1n) is 7.16. The van der Waals surface area contributed by atoms with E-state index in [1.165, 1.54) is 17.1 Å². The summed E-state index contributed by atoms with van der Waals surface area (Å²) in [4.78, 5) is 0. The van der Waals surface area contributed by atoms with Crippen molar-refractivity contribution in [3.8, 4) is 0 Å². The summed E-state index contributed by atoms with van der Waals surface area (Å²) in [6.45, 7) is 1.69. The van der Waals surface area contributed by atoms with Crippen molar-refractivity contribution in [3.63, 3.8) is 0 Å². The maximum absolute atomic E-state index is 12.1. The molecular formula is C14H22BrN3O2S. The van der Waals surface area contributed by atoms with Gasteiger partial charge in [-0.05, 0) is 43.5 Å². The topological polar surface area (TPSA) is 61.4 Å². The SMILES string of the molecule is CN(CCCNC1CC1)S(=O)(=O)NCc1cccc(Br)c1. The molecule has 0 spiro atoms. The van der Waals surface area contributed by atoms with Gasteiger partial charge in [0.15, 0.2) is 0 Å². The van der Waals surface area contributed by atoms with Crippen LogP contribution in [0.2, 0.25) is 0 Å². The minimum atomic E-state index is -3.42. The lowest BCUT2D eigenvalue weighted by molar-refractivity contribution is 0.444. The Morgan fingerprint density at radius 3 is 2.81 bits per heavy atom. The van der Waals surface area contributed by atoms with E-state index in [1.807, 2.05) is 24.3 Å². The first kappa shape index (κ1) is 16.9. The quantitative estimate of drug-likeness (QED) is 0.647. The lowest BCUT2D eigenvalue weighted by Crippen LogP contribution is -2.39. The molecule has 0 bridgehead atoms. The van der Waals surface area contributed by atoms with Gasteiger partial charge >= 0.3 is 0 Å². The molecule has 0 aromatic heterocycles. The molecule has 21 heavy (non-hydrogen) atoms. The van der Waals surface area contributed by atoms with Crippen LogP contribution in [0.15, 0.2) is 28.7 Å². The zero-order valence-electron chi connectivity index (χ0n) is 12.2. The molecule has 0 unspecified atom stereocenters. The highest BCUT2D eigenvalue weighted by molar-refractivity contribution is 9.10. The zero-order valence-corrected chi connectivity index (χ0v) is 14.6. The van der Waals surface area contributed by atoms with Gasteiger partial charge < -0.3 is 5.32 Å². The van der Waals surface area contributed by atoms with Crippen LogP contribution < -0.4 is 10.0 Å². The Morgan fingerprint density at radius 2 is 2.14 bits per heavy atom. The van der Waals surface area contributed by atoms with Gasteiger partial charge in [-0.15, -0.1) is 0 Å². The minimum Gasteiger partial charge on any atom is -0.314 e. The summed E-state index contributed by atoms with van der Waals surface area (Å²) in [5.41, 5.74) is 0.928. The Bertz CT molecular complexity index is 561.